The molecule has 0 radical (unpaired) electrons. The number of hydrogen-bond acceptors (Lipinski definition) is 2. The topological polar surface area (TPSA) is 43.8 Å². The van der Waals surface area contributed by atoms with E-state index >= 15 is 0 Å². The fourth-order valence-electron chi connectivity index (χ4n) is 1.17. The molecule has 3 nitrogen and oxygen atoms in total. The zero-order valence-electron chi connectivity index (χ0n) is 5.83. The van der Waals surface area contributed by atoms with Crippen LogP contribution in [0.3, 0.4) is 0 Å². The van der Waals surface area contributed by atoms with Gasteiger partial charge in [0.15, 0.2) is 0 Å². The van der Waals surface area contributed by atoms with E-state index in [-0.39, 0.29) is 0 Å². The molecule has 1 fully saturated rings. The molecule has 0 unspecified atom stereocenters. The molecule has 0 aromatic carbocycles. The summed E-state index contributed by atoms with van der Waals surface area (Å²) in [5.41, 5.74) is 6.65. The Morgan fingerprint density at radius 2 is 2.50 bits per heavy atom. The third kappa shape index (κ3) is 0.827. The minimum Gasteiger partial charge on any atom is -0.330 e. The molecule has 0 atom stereocenters. The van der Waals surface area contributed by atoms with Crippen LogP contribution < -0.4 is 5.73 Å². The van der Waals surface area contributed by atoms with Crippen molar-refractivity contribution in [2.45, 2.75) is 25.4 Å². The van der Waals surface area contributed by atoms with E-state index in [1.54, 1.807) is 0 Å². The maximum absolute atomic E-state index is 5.50. The van der Waals surface area contributed by atoms with Gasteiger partial charge in [-0.2, -0.15) is 0 Å². The van der Waals surface area contributed by atoms with E-state index in [1.165, 1.54) is 12.8 Å². The summed E-state index contributed by atoms with van der Waals surface area (Å²) in [6, 6.07) is 0.709. The summed E-state index contributed by atoms with van der Waals surface area (Å²) < 4.78 is 2.18. The molecule has 0 amide bonds. The van der Waals surface area contributed by atoms with E-state index in [0.29, 0.717) is 12.6 Å². The highest BCUT2D eigenvalue weighted by molar-refractivity contribution is 5.02. The lowest BCUT2D eigenvalue weighted by molar-refractivity contribution is 0.694. The van der Waals surface area contributed by atoms with E-state index in [0.717, 1.165) is 5.69 Å². The molecule has 0 spiro atoms. The maximum atomic E-state index is 5.50. The molecule has 1 aromatic rings. The van der Waals surface area contributed by atoms with Crippen molar-refractivity contribution >= 4 is 0 Å². The van der Waals surface area contributed by atoms with E-state index in [9.17, 15) is 0 Å². The monoisotopic (exact) mass is 137 g/mol. The Morgan fingerprint density at radius 1 is 1.70 bits per heavy atom. The quantitative estimate of drug-likeness (QED) is 0.651. The van der Waals surface area contributed by atoms with Gasteiger partial charge in [-0.25, -0.2) is 4.98 Å². The molecule has 1 aliphatic rings. The van der Waals surface area contributed by atoms with Gasteiger partial charge < -0.3 is 10.3 Å². The first-order chi connectivity index (χ1) is 4.92. The largest absolute Gasteiger partial charge is 0.330 e. The number of nitrogens with zero attached hydrogens (tertiary/aromatic N) is 2. The summed E-state index contributed by atoms with van der Waals surface area (Å²) in [7, 11) is 0. The zero-order valence-corrected chi connectivity index (χ0v) is 5.83. The van der Waals surface area contributed by atoms with Crippen LogP contribution >= 0.6 is 0 Å². The minimum atomic E-state index is 0.608. The highest BCUT2D eigenvalue weighted by Crippen LogP contribution is 2.35. The van der Waals surface area contributed by atoms with Crippen LogP contribution in [0, 0.1) is 0 Å². The molecule has 10 heavy (non-hydrogen) atoms. The Kier molecular flexibility index (Phi) is 1.24. The maximum Gasteiger partial charge on any atom is 0.0951 e. The second kappa shape index (κ2) is 2.09. The summed E-state index contributed by atoms with van der Waals surface area (Å²) in [6.07, 6.45) is 6.31. The lowest BCUT2D eigenvalue weighted by Crippen LogP contribution is -2.04. The average Bonchev–Trinajstić information content (AvgIpc) is 2.69. The van der Waals surface area contributed by atoms with E-state index < -0.39 is 0 Å². The van der Waals surface area contributed by atoms with Crippen LogP contribution in [0.15, 0.2) is 12.5 Å². The minimum absolute atomic E-state index is 0.608. The summed E-state index contributed by atoms with van der Waals surface area (Å²) in [5.74, 6) is 0. The first-order valence-corrected chi connectivity index (χ1v) is 3.62. The fraction of sp³-hybridized carbons (Fsp3) is 0.571. The van der Waals surface area contributed by atoms with E-state index in [2.05, 4.69) is 9.55 Å². The molecular weight excluding hydrogens is 126 g/mol. The fourth-order valence-corrected chi connectivity index (χ4v) is 1.17. The first-order valence-electron chi connectivity index (χ1n) is 3.62. The molecular formula is C7H11N3. The molecule has 1 heterocycles. The van der Waals surface area contributed by atoms with Gasteiger partial charge in [-0.3, -0.25) is 0 Å². The van der Waals surface area contributed by atoms with Gasteiger partial charge >= 0.3 is 0 Å². The molecule has 3 heteroatoms. The lowest BCUT2D eigenvalue weighted by atomic mass is 10.4. The van der Waals surface area contributed by atoms with Gasteiger partial charge in [-0.15, -0.1) is 0 Å². The molecule has 2 N–H and O–H groups in total. The van der Waals surface area contributed by atoms with Crippen LogP contribution in [-0.4, -0.2) is 9.55 Å². The molecule has 54 valence electrons. The highest BCUT2D eigenvalue weighted by Gasteiger charge is 2.24. The number of nitrogens with two attached hydrogens (primary N) is 1. The molecule has 1 aromatic heterocycles. The predicted octanol–water partition coefficient (Wildman–Crippen LogP) is 0.677. The van der Waals surface area contributed by atoms with Crippen molar-refractivity contribution in [3.8, 4) is 0 Å². The van der Waals surface area contributed by atoms with Crippen LogP contribution in [0.25, 0.3) is 0 Å². The smallest absolute Gasteiger partial charge is 0.0951 e. The SMILES string of the molecule is NCc1cncn1C1CC1. The zero-order chi connectivity index (χ0) is 6.97. The van der Waals surface area contributed by atoms with Gasteiger partial charge in [0.25, 0.3) is 0 Å². The summed E-state index contributed by atoms with van der Waals surface area (Å²) >= 11 is 0. The average molecular weight is 137 g/mol. The van der Waals surface area contributed by atoms with Crippen LogP contribution in [0.1, 0.15) is 24.6 Å². The van der Waals surface area contributed by atoms with Gasteiger partial charge in [-0.1, -0.05) is 0 Å². The second-order valence-corrected chi connectivity index (χ2v) is 2.73. The molecule has 0 aliphatic heterocycles. The molecule has 0 saturated heterocycles. The van der Waals surface area contributed by atoms with Crippen molar-refractivity contribution in [3.05, 3.63) is 18.2 Å². The summed E-state index contributed by atoms with van der Waals surface area (Å²) in [5, 5.41) is 0. The number of hydrogen-bond donors (Lipinski definition) is 1. The van der Waals surface area contributed by atoms with Crippen LogP contribution in [-0.2, 0) is 6.54 Å². The Balaban J connectivity index is 2.28. The van der Waals surface area contributed by atoms with Crippen molar-refractivity contribution in [1.82, 2.24) is 9.55 Å². The van der Waals surface area contributed by atoms with Crippen LogP contribution in [0.5, 0.6) is 0 Å². The second-order valence-electron chi connectivity index (χ2n) is 2.73. The van der Waals surface area contributed by atoms with Crippen molar-refractivity contribution in [1.29, 1.82) is 0 Å². The Hall–Kier alpha value is -0.830. The van der Waals surface area contributed by atoms with Gasteiger partial charge in [0, 0.05) is 18.8 Å². The molecule has 2 rings (SSSR count). The van der Waals surface area contributed by atoms with Crippen molar-refractivity contribution in [2.24, 2.45) is 5.73 Å². The van der Waals surface area contributed by atoms with E-state index in [4.69, 9.17) is 5.73 Å². The molecule has 1 saturated carbocycles. The van der Waals surface area contributed by atoms with Crippen LogP contribution in [0.4, 0.5) is 0 Å². The first kappa shape index (κ1) is 5.92. The van der Waals surface area contributed by atoms with Crippen molar-refractivity contribution < 1.29 is 0 Å². The molecule has 1 aliphatic carbocycles. The third-order valence-corrected chi connectivity index (χ3v) is 1.90. The Labute approximate surface area is 59.9 Å². The van der Waals surface area contributed by atoms with Crippen molar-refractivity contribution in [2.75, 3.05) is 0 Å². The summed E-state index contributed by atoms with van der Waals surface area (Å²) in [6.45, 7) is 0.608. The normalized spacial score (nSPS) is 17.7. The number of rotatable bonds is 2. The van der Waals surface area contributed by atoms with Gasteiger partial charge in [0.05, 0.1) is 12.0 Å². The lowest BCUT2D eigenvalue weighted by Gasteiger charge is -2.01. The van der Waals surface area contributed by atoms with Crippen LogP contribution in [0.2, 0.25) is 0 Å². The van der Waals surface area contributed by atoms with Crippen molar-refractivity contribution in [3.63, 3.8) is 0 Å². The highest BCUT2D eigenvalue weighted by atomic mass is 15.1. The number of imidazole rings is 1. The Morgan fingerprint density at radius 3 is 3.10 bits per heavy atom. The number of aromatic nitrogens is 2. The Bertz CT molecular complexity index is 225. The van der Waals surface area contributed by atoms with Gasteiger partial charge in [0.2, 0.25) is 0 Å². The predicted molar refractivity (Wildman–Crippen MR) is 38.4 cm³/mol. The standard InChI is InChI=1S/C7H11N3/c8-3-7-4-9-5-10(7)6-1-2-6/h4-6H,1-3,8H2. The third-order valence-electron chi connectivity index (χ3n) is 1.90. The van der Waals surface area contributed by atoms with Gasteiger partial charge in [0.1, 0.15) is 0 Å². The summed E-state index contributed by atoms with van der Waals surface area (Å²) in [4.78, 5) is 4.04. The van der Waals surface area contributed by atoms with E-state index in [1.807, 2.05) is 12.5 Å². The van der Waals surface area contributed by atoms with Gasteiger partial charge in [-0.05, 0) is 12.8 Å². The molecule has 0 bridgehead atoms.